The molecule has 2 amide bonds. The number of benzene rings is 2. The third-order valence-electron chi connectivity index (χ3n) is 7.14. The van der Waals surface area contributed by atoms with Crippen molar-refractivity contribution in [2.75, 3.05) is 37.3 Å². The molecule has 3 heterocycles. The molecule has 5 rings (SSSR count). The fourth-order valence-electron chi connectivity index (χ4n) is 5.13. The summed E-state index contributed by atoms with van der Waals surface area (Å²) in [6, 6.07) is 15.6. The fraction of sp³-hybridized carbons (Fsp3) is 0.321. The zero-order chi connectivity index (χ0) is 27.7. The van der Waals surface area contributed by atoms with E-state index in [9.17, 15) is 18.0 Å². The van der Waals surface area contributed by atoms with Crippen molar-refractivity contribution in [1.29, 1.82) is 0 Å². The average Bonchev–Trinajstić information content (AvgIpc) is 3.31. The molecule has 2 aromatic carbocycles. The van der Waals surface area contributed by atoms with Crippen molar-refractivity contribution >= 4 is 55.5 Å². The lowest BCUT2D eigenvalue weighted by Gasteiger charge is -2.42. The molecule has 204 valence electrons. The molecule has 0 spiro atoms. The van der Waals surface area contributed by atoms with Crippen LogP contribution >= 0.6 is 11.6 Å². The highest BCUT2D eigenvalue weighted by Gasteiger charge is 2.33. The Morgan fingerprint density at radius 3 is 2.64 bits per heavy atom. The average molecular weight is 568 g/mol. The van der Waals surface area contributed by atoms with Gasteiger partial charge in [0, 0.05) is 50.7 Å². The predicted molar refractivity (Wildman–Crippen MR) is 152 cm³/mol. The van der Waals surface area contributed by atoms with Gasteiger partial charge in [0.1, 0.15) is 11.5 Å². The third kappa shape index (κ3) is 5.72. The third-order valence-corrected chi connectivity index (χ3v) is 9.08. The van der Waals surface area contributed by atoms with Crippen LogP contribution in [0.25, 0.3) is 16.4 Å². The minimum Gasteiger partial charge on any atom is -0.359 e. The van der Waals surface area contributed by atoms with Gasteiger partial charge < -0.3 is 15.1 Å². The molecular weight excluding hydrogens is 538 g/mol. The number of carbonyl (C=O) groups excluding carboxylic acids is 2. The summed E-state index contributed by atoms with van der Waals surface area (Å²) < 4.78 is 28.3. The molecule has 2 aromatic heterocycles. The number of imidazole rings is 1. The number of aryl methyl sites for hydroxylation is 1. The van der Waals surface area contributed by atoms with E-state index >= 15 is 0 Å². The Morgan fingerprint density at radius 2 is 1.85 bits per heavy atom. The van der Waals surface area contributed by atoms with Crippen molar-refractivity contribution in [3.8, 4) is 0 Å². The predicted octanol–water partition coefficient (Wildman–Crippen LogP) is 3.47. The minimum atomic E-state index is -3.70. The first-order valence-electron chi connectivity index (χ1n) is 12.8. The molecular formula is C28H30ClN5O4S. The quantitative estimate of drug-likeness (QED) is 0.367. The van der Waals surface area contributed by atoms with Crippen LogP contribution in [0, 0.1) is 6.92 Å². The van der Waals surface area contributed by atoms with Gasteiger partial charge in [0.2, 0.25) is 11.8 Å². The van der Waals surface area contributed by atoms with Gasteiger partial charge in [0.05, 0.1) is 22.4 Å². The van der Waals surface area contributed by atoms with Crippen molar-refractivity contribution in [2.24, 2.45) is 0 Å². The Bertz CT molecular complexity index is 1670. The van der Waals surface area contributed by atoms with Crippen LogP contribution in [-0.2, 0) is 19.4 Å². The van der Waals surface area contributed by atoms with Gasteiger partial charge in [0.25, 0.3) is 0 Å². The summed E-state index contributed by atoms with van der Waals surface area (Å²) in [6.45, 7) is 3.30. The Labute approximate surface area is 232 Å². The van der Waals surface area contributed by atoms with E-state index in [2.05, 4.69) is 15.2 Å². The number of halogens is 1. The molecule has 1 atom stereocenters. The first-order chi connectivity index (χ1) is 18.6. The Kier molecular flexibility index (Phi) is 7.51. The molecule has 0 radical (unpaired) electrons. The molecule has 1 unspecified atom stereocenters. The number of fused-ring (bicyclic) bond motifs is 2. The summed E-state index contributed by atoms with van der Waals surface area (Å²) in [5.74, 6) is 0.157. The zero-order valence-corrected chi connectivity index (χ0v) is 23.4. The van der Waals surface area contributed by atoms with E-state index in [1.54, 1.807) is 48.3 Å². The van der Waals surface area contributed by atoms with E-state index in [1.165, 1.54) is 0 Å². The van der Waals surface area contributed by atoms with Crippen LogP contribution in [0.4, 0.5) is 5.82 Å². The first kappa shape index (κ1) is 27.0. The molecule has 1 fully saturated rings. The van der Waals surface area contributed by atoms with Gasteiger partial charge in [-0.2, -0.15) is 0 Å². The standard InChI is InChI=1S/C28H30ClN5O4S/c1-19-17-34-25(31-19)4-3-5-27(34)32-11-12-33(23(18-32)16-26(35)30-2)28(36)10-13-39(37,38)24-9-7-20-14-22(29)8-6-21(20)15-24/h3-9,14-15,17,23H,10-13,16,18H2,1-2H3,(H,30,35). The Hall–Kier alpha value is -3.63. The fourth-order valence-corrected chi connectivity index (χ4v) is 6.57. The molecule has 39 heavy (non-hydrogen) atoms. The van der Waals surface area contributed by atoms with E-state index in [0.717, 1.165) is 27.9 Å². The summed E-state index contributed by atoms with van der Waals surface area (Å²) in [5, 5.41) is 4.82. The molecule has 1 saturated heterocycles. The van der Waals surface area contributed by atoms with Crippen molar-refractivity contribution in [1.82, 2.24) is 19.6 Å². The van der Waals surface area contributed by atoms with Crippen LogP contribution in [0.15, 0.2) is 65.7 Å². The van der Waals surface area contributed by atoms with E-state index < -0.39 is 15.9 Å². The number of piperazine rings is 1. The van der Waals surface area contributed by atoms with E-state index in [-0.39, 0.29) is 35.3 Å². The molecule has 0 aliphatic carbocycles. The number of anilines is 1. The molecule has 1 aliphatic rings. The highest BCUT2D eigenvalue weighted by Crippen LogP contribution is 2.25. The largest absolute Gasteiger partial charge is 0.359 e. The lowest BCUT2D eigenvalue weighted by atomic mass is 10.1. The number of sulfone groups is 1. The Morgan fingerprint density at radius 1 is 1.08 bits per heavy atom. The van der Waals surface area contributed by atoms with Crippen LogP contribution in [0.3, 0.4) is 0 Å². The van der Waals surface area contributed by atoms with Gasteiger partial charge in [0.15, 0.2) is 9.84 Å². The van der Waals surface area contributed by atoms with Crippen LogP contribution in [-0.4, -0.2) is 73.0 Å². The number of amides is 2. The van der Waals surface area contributed by atoms with Gasteiger partial charge in [-0.15, -0.1) is 0 Å². The maximum absolute atomic E-state index is 13.3. The van der Waals surface area contributed by atoms with Crippen molar-refractivity contribution in [3.63, 3.8) is 0 Å². The van der Waals surface area contributed by atoms with E-state index in [0.29, 0.717) is 24.7 Å². The number of carbonyl (C=O) groups is 2. The van der Waals surface area contributed by atoms with Gasteiger partial charge in [-0.3, -0.25) is 14.0 Å². The van der Waals surface area contributed by atoms with Gasteiger partial charge >= 0.3 is 0 Å². The monoisotopic (exact) mass is 567 g/mol. The SMILES string of the molecule is CNC(=O)CC1CN(c2cccc3nc(C)cn23)CCN1C(=O)CCS(=O)(=O)c1ccc2cc(Cl)ccc2c1. The van der Waals surface area contributed by atoms with Crippen LogP contribution in [0.5, 0.6) is 0 Å². The smallest absolute Gasteiger partial charge is 0.223 e. The zero-order valence-electron chi connectivity index (χ0n) is 21.8. The number of nitrogens with one attached hydrogen (secondary N) is 1. The maximum atomic E-state index is 13.3. The highest BCUT2D eigenvalue weighted by atomic mass is 35.5. The normalized spacial score (nSPS) is 16.1. The van der Waals surface area contributed by atoms with Crippen molar-refractivity contribution in [2.45, 2.75) is 30.7 Å². The summed E-state index contributed by atoms with van der Waals surface area (Å²) in [5.41, 5.74) is 1.72. The number of rotatable bonds is 7. The molecule has 11 heteroatoms. The van der Waals surface area contributed by atoms with E-state index in [1.807, 2.05) is 35.7 Å². The second-order valence-electron chi connectivity index (χ2n) is 9.78. The van der Waals surface area contributed by atoms with Crippen LogP contribution in [0.1, 0.15) is 18.5 Å². The van der Waals surface area contributed by atoms with Crippen molar-refractivity contribution < 1.29 is 18.0 Å². The molecule has 0 saturated carbocycles. The van der Waals surface area contributed by atoms with Crippen LogP contribution < -0.4 is 10.2 Å². The number of hydrogen-bond donors (Lipinski definition) is 1. The summed E-state index contributed by atoms with van der Waals surface area (Å²) in [6.07, 6.45) is 1.92. The van der Waals surface area contributed by atoms with Gasteiger partial charge in [-0.05, 0) is 54.1 Å². The Balaban J connectivity index is 1.32. The number of aromatic nitrogens is 2. The second kappa shape index (κ2) is 10.9. The highest BCUT2D eigenvalue weighted by molar-refractivity contribution is 7.91. The number of nitrogens with zero attached hydrogens (tertiary/aromatic N) is 4. The molecule has 4 aromatic rings. The molecule has 0 bridgehead atoms. The van der Waals surface area contributed by atoms with Crippen molar-refractivity contribution in [3.05, 3.63) is 71.5 Å². The molecule has 1 N–H and O–H groups in total. The molecule has 1 aliphatic heterocycles. The van der Waals surface area contributed by atoms with Gasteiger partial charge in [-0.25, -0.2) is 13.4 Å². The maximum Gasteiger partial charge on any atom is 0.223 e. The van der Waals surface area contributed by atoms with Crippen LogP contribution in [0.2, 0.25) is 5.02 Å². The second-order valence-corrected chi connectivity index (χ2v) is 12.3. The minimum absolute atomic E-state index is 0.123. The summed E-state index contributed by atoms with van der Waals surface area (Å²) >= 11 is 6.04. The summed E-state index contributed by atoms with van der Waals surface area (Å²) in [4.78, 5) is 34.2. The first-order valence-corrected chi connectivity index (χ1v) is 14.8. The lowest BCUT2D eigenvalue weighted by Crippen LogP contribution is -2.57. The summed E-state index contributed by atoms with van der Waals surface area (Å²) in [7, 11) is -2.13. The van der Waals surface area contributed by atoms with E-state index in [4.69, 9.17) is 11.6 Å². The molecule has 9 nitrogen and oxygen atoms in total. The number of pyridine rings is 1. The number of hydrogen-bond acceptors (Lipinski definition) is 6. The topological polar surface area (TPSA) is 104 Å². The van der Waals surface area contributed by atoms with Gasteiger partial charge in [-0.1, -0.05) is 29.8 Å². The lowest BCUT2D eigenvalue weighted by molar-refractivity contribution is -0.134.